The van der Waals surface area contributed by atoms with E-state index >= 15 is 0 Å². The smallest absolute Gasteiger partial charge is 0.330 e. The van der Waals surface area contributed by atoms with Gasteiger partial charge >= 0.3 is 5.97 Å². The van der Waals surface area contributed by atoms with Crippen molar-refractivity contribution >= 4 is 35.1 Å². The zero-order chi connectivity index (χ0) is 24.7. The number of nitro groups is 1. The van der Waals surface area contributed by atoms with Gasteiger partial charge in [0.05, 0.1) is 23.9 Å². The van der Waals surface area contributed by atoms with E-state index in [1.165, 1.54) is 25.3 Å². The van der Waals surface area contributed by atoms with Crippen molar-refractivity contribution < 1.29 is 33.6 Å². The quantitative estimate of drug-likeness (QED) is 0.262. The Hall–Kier alpha value is -3.50. The van der Waals surface area contributed by atoms with Crippen molar-refractivity contribution in [2.45, 2.75) is 39.2 Å². The highest BCUT2D eigenvalue weighted by atomic mass is 16.6. The fraction of sp³-hybridized carbons (Fsp3) is 0.565. The van der Waals surface area contributed by atoms with Crippen LogP contribution in [0.3, 0.4) is 0 Å². The van der Waals surface area contributed by atoms with E-state index < -0.39 is 35.4 Å². The van der Waals surface area contributed by atoms with Crippen molar-refractivity contribution in [3.63, 3.8) is 0 Å². The molecule has 0 aromatic heterocycles. The van der Waals surface area contributed by atoms with Gasteiger partial charge in [-0.05, 0) is 43.1 Å². The van der Waals surface area contributed by atoms with Crippen molar-refractivity contribution in [3.05, 3.63) is 28.3 Å². The highest BCUT2D eigenvalue weighted by molar-refractivity contribution is 6.08. The second-order valence-corrected chi connectivity index (χ2v) is 9.42. The molecule has 4 rings (SSSR count). The molecule has 3 amide bonds. The second kappa shape index (κ2) is 9.03. The lowest BCUT2D eigenvalue weighted by atomic mass is 9.81. The summed E-state index contributed by atoms with van der Waals surface area (Å²) >= 11 is 0. The number of carbonyl (C=O) groups is 4. The van der Waals surface area contributed by atoms with E-state index in [1.54, 1.807) is 13.8 Å². The summed E-state index contributed by atoms with van der Waals surface area (Å²) in [6.07, 6.45) is 2.73. The molecule has 0 spiro atoms. The van der Waals surface area contributed by atoms with Crippen LogP contribution in [0.1, 0.15) is 33.1 Å². The maximum absolute atomic E-state index is 13.1. The molecular weight excluding hydrogens is 446 g/mol. The van der Waals surface area contributed by atoms with E-state index in [-0.39, 0.29) is 46.9 Å². The first-order valence-corrected chi connectivity index (χ1v) is 11.3. The monoisotopic (exact) mass is 473 g/mol. The van der Waals surface area contributed by atoms with Crippen LogP contribution in [0.4, 0.5) is 11.4 Å². The van der Waals surface area contributed by atoms with Gasteiger partial charge in [0.25, 0.3) is 11.6 Å². The van der Waals surface area contributed by atoms with Crippen LogP contribution < -0.4 is 10.1 Å². The van der Waals surface area contributed by atoms with Crippen LogP contribution in [-0.4, -0.2) is 53.3 Å². The average Bonchev–Trinajstić information content (AvgIpc) is 3.47. The highest BCUT2D eigenvalue weighted by Gasteiger charge is 2.62. The van der Waals surface area contributed by atoms with Crippen LogP contribution in [0, 0.1) is 39.7 Å². The highest BCUT2D eigenvalue weighted by Crippen LogP contribution is 2.56. The summed E-state index contributed by atoms with van der Waals surface area (Å²) in [6.45, 7) is 2.68. The van der Waals surface area contributed by atoms with E-state index in [9.17, 15) is 29.3 Å². The molecule has 11 nitrogen and oxygen atoms in total. The Kier molecular flexibility index (Phi) is 6.28. The van der Waals surface area contributed by atoms with Crippen LogP contribution in [0.5, 0.6) is 5.75 Å². The number of rotatable bonds is 8. The standard InChI is InChI=1S/C23H27N3O8/c1-11(2)20(25-21(28)18-12-4-5-13(8-12)19(18)22(25)29)23(30)34-10-17(27)24-15-9-14(33-3)6-7-16(15)26(31)32/h6-7,9,11-13,18-20H,4-5,8,10H2,1-3H3,(H,24,27)/t12-,13-,18+,19+,20-/m0/s1. The normalized spacial score (nSPS) is 25.9. The second-order valence-electron chi connectivity index (χ2n) is 9.42. The minimum Gasteiger partial charge on any atom is -0.497 e. The molecule has 1 saturated heterocycles. The predicted octanol–water partition coefficient (Wildman–Crippen LogP) is 2.14. The number of hydrogen-bond donors (Lipinski definition) is 1. The number of benzene rings is 1. The number of ether oxygens (including phenoxy) is 2. The zero-order valence-electron chi connectivity index (χ0n) is 19.2. The van der Waals surface area contributed by atoms with Gasteiger partial charge in [-0.3, -0.25) is 29.4 Å². The summed E-state index contributed by atoms with van der Waals surface area (Å²) in [6, 6.07) is 2.71. The molecule has 11 heteroatoms. The lowest BCUT2D eigenvalue weighted by molar-refractivity contribution is -0.383. The van der Waals surface area contributed by atoms with Crippen molar-refractivity contribution in [1.29, 1.82) is 0 Å². The topological polar surface area (TPSA) is 145 Å². The van der Waals surface area contributed by atoms with Gasteiger partial charge in [-0.2, -0.15) is 0 Å². The summed E-state index contributed by atoms with van der Waals surface area (Å²) < 4.78 is 10.2. The summed E-state index contributed by atoms with van der Waals surface area (Å²) in [5.41, 5.74) is -0.464. The summed E-state index contributed by atoms with van der Waals surface area (Å²) in [7, 11) is 1.38. The van der Waals surface area contributed by atoms with Crippen LogP contribution >= 0.6 is 0 Å². The number of methoxy groups -OCH3 is 1. The number of carbonyl (C=O) groups excluding carboxylic acids is 4. The molecule has 3 aliphatic rings. The zero-order valence-corrected chi connectivity index (χ0v) is 19.2. The number of anilines is 1. The molecule has 1 aromatic carbocycles. The molecule has 1 heterocycles. The molecule has 5 atom stereocenters. The van der Waals surface area contributed by atoms with E-state index in [1.807, 2.05) is 0 Å². The largest absolute Gasteiger partial charge is 0.497 e. The summed E-state index contributed by atoms with van der Waals surface area (Å²) in [5.74, 6) is -2.80. The van der Waals surface area contributed by atoms with Crippen molar-refractivity contribution in [2.75, 3.05) is 19.0 Å². The number of fused-ring (bicyclic) bond motifs is 5. The number of nitro benzene ring substituents is 1. The molecule has 2 bridgehead atoms. The van der Waals surface area contributed by atoms with Crippen LogP contribution in [-0.2, 0) is 23.9 Å². The molecule has 3 fully saturated rings. The summed E-state index contributed by atoms with van der Waals surface area (Å²) in [5, 5.41) is 13.6. The third-order valence-corrected chi connectivity index (χ3v) is 7.13. The SMILES string of the molecule is COc1ccc([N+](=O)[O-])c(NC(=O)COC(=O)[C@H](C(C)C)N2C(=O)[C@@H]3[C@H]4CC[C@@H](C4)[C@H]3C2=O)c1. The Labute approximate surface area is 195 Å². The number of nitrogens with zero attached hydrogens (tertiary/aromatic N) is 2. The molecule has 34 heavy (non-hydrogen) atoms. The van der Waals surface area contributed by atoms with E-state index in [0.717, 1.165) is 24.2 Å². The Morgan fingerprint density at radius 2 is 1.79 bits per heavy atom. The molecule has 2 saturated carbocycles. The number of likely N-dealkylation sites (tertiary alicyclic amines) is 1. The van der Waals surface area contributed by atoms with Crippen molar-refractivity contribution in [1.82, 2.24) is 4.90 Å². The van der Waals surface area contributed by atoms with Gasteiger partial charge < -0.3 is 14.8 Å². The molecule has 1 N–H and O–H groups in total. The Morgan fingerprint density at radius 1 is 1.18 bits per heavy atom. The van der Waals surface area contributed by atoms with Crippen molar-refractivity contribution in [3.8, 4) is 5.75 Å². The number of esters is 1. The molecule has 1 aromatic rings. The third-order valence-electron chi connectivity index (χ3n) is 7.13. The first-order chi connectivity index (χ1) is 16.1. The van der Waals surface area contributed by atoms with Crippen LogP contribution in [0.2, 0.25) is 0 Å². The van der Waals surface area contributed by atoms with Gasteiger partial charge in [0, 0.05) is 12.1 Å². The van der Waals surface area contributed by atoms with Gasteiger partial charge in [-0.25, -0.2) is 4.79 Å². The molecule has 0 unspecified atom stereocenters. The lowest BCUT2D eigenvalue weighted by Gasteiger charge is -2.28. The number of imide groups is 1. The molecule has 182 valence electrons. The van der Waals surface area contributed by atoms with Gasteiger partial charge in [0.1, 0.15) is 17.5 Å². The lowest BCUT2D eigenvalue weighted by Crippen LogP contribution is -2.50. The average molecular weight is 473 g/mol. The maximum Gasteiger partial charge on any atom is 0.330 e. The number of amides is 3. The minimum absolute atomic E-state index is 0.112. The Balaban J connectivity index is 1.43. The van der Waals surface area contributed by atoms with Gasteiger partial charge in [0.2, 0.25) is 11.8 Å². The Bertz CT molecular complexity index is 1030. The fourth-order valence-electron chi connectivity index (χ4n) is 5.69. The van der Waals surface area contributed by atoms with Crippen molar-refractivity contribution in [2.24, 2.45) is 29.6 Å². The molecule has 1 aliphatic heterocycles. The Morgan fingerprint density at radius 3 is 2.32 bits per heavy atom. The molecular formula is C23H27N3O8. The van der Waals surface area contributed by atoms with E-state index in [2.05, 4.69) is 5.32 Å². The number of hydrogen-bond acceptors (Lipinski definition) is 8. The predicted molar refractivity (Wildman–Crippen MR) is 118 cm³/mol. The number of nitrogens with one attached hydrogen (secondary N) is 1. The minimum atomic E-state index is -1.14. The van der Waals surface area contributed by atoms with E-state index in [0.29, 0.717) is 5.75 Å². The molecule has 0 radical (unpaired) electrons. The van der Waals surface area contributed by atoms with Gasteiger partial charge in [0.15, 0.2) is 6.61 Å². The van der Waals surface area contributed by atoms with Gasteiger partial charge in [-0.15, -0.1) is 0 Å². The van der Waals surface area contributed by atoms with E-state index in [4.69, 9.17) is 9.47 Å². The molecule has 2 aliphatic carbocycles. The van der Waals surface area contributed by atoms with Gasteiger partial charge in [-0.1, -0.05) is 13.8 Å². The first kappa shape index (κ1) is 23.7. The van der Waals surface area contributed by atoms with Crippen LogP contribution in [0.15, 0.2) is 18.2 Å². The summed E-state index contributed by atoms with van der Waals surface area (Å²) in [4.78, 5) is 63.2. The third kappa shape index (κ3) is 3.99. The van der Waals surface area contributed by atoms with Crippen LogP contribution in [0.25, 0.3) is 0 Å². The first-order valence-electron chi connectivity index (χ1n) is 11.3. The maximum atomic E-state index is 13.1. The fourth-order valence-corrected chi connectivity index (χ4v) is 5.69.